The molecular formula is C44H54IrNO2S3-. The number of thiophene rings is 3. The predicted octanol–water partition coefficient (Wildman–Crippen LogP) is 14.5. The molecule has 7 heteroatoms. The fourth-order valence-electron chi connectivity index (χ4n) is 6.36. The summed E-state index contributed by atoms with van der Waals surface area (Å²) in [5.74, 6) is 0.970. The Morgan fingerprint density at radius 3 is 2.14 bits per heavy atom. The monoisotopic (exact) mass is 917 g/mol. The number of hydrogen-bond acceptors (Lipinski definition) is 6. The molecule has 4 aromatic heterocycles. The molecule has 0 saturated carbocycles. The molecule has 0 fully saturated rings. The van der Waals surface area contributed by atoms with Gasteiger partial charge in [-0.3, -0.25) is 9.78 Å². The number of carbonyl (C=O) groups is 1. The Balaban J connectivity index is 0.000000279. The van der Waals surface area contributed by atoms with Gasteiger partial charge in [0.2, 0.25) is 0 Å². The largest absolute Gasteiger partial charge is 0.512 e. The molecule has 0 amide bonds. The molecule has 0 bridgehead atoms. The first kappa shape index (κ1) is 41.3. The zero-order valence-corrected chi connectivity index (χ0v) is 37.0. The van der Waals surface area contributed by atoms with E-state index in [2.05, 4.69) is 82.5 Å². The number of rotatable bonds is 10. The first-order chi connectivity index (χ1) is 23.6. The number of hydrogen-bond donors (Lipinski definition) is 1. The molecule has 0 aliphatic carbocycles. The van der Waals surface area contributed by atoms with E-state index in [9.17, 15) is 9.90 Å². The molecule has 3 nitrogen and oxygen atoms in total. The number of benzene rings is 2. The summed E-state index contributed by atoms with van der Waals surface area (Å²) in [5.41, 5.74) is 2.99. The van der Waals surface area contributed by atoms with Crippen LogP contribution in [0, 0.1) is 22.8 Å². The number of carbonyl (C=O) groups excluding carboxylic acids is 1. The van der Waals surface area contributed by atoms with Crippen molar-refractivity contribution in [3.05, 3.63) is 76.3 Å². The van der Waals surface area contributed by atoms with Crippen LogP contribution in [0.25, 0.3) is 51.6 Å². The molecule has 4 heterocycles. The molecule has 2 aromatic carbocycles. The van der Waals surface area contributed by atoms with Crippen molar-refractivity contribution in [3.63, 3.8) is 0 Å². The second kappa shape index (κ2) is 16.3. The van der Waals surface area contributed by atoms with Gasteiger partial charge in [-0.25, -0.2) is 0 Å². The molecule has 6 rings (SSSR count). The third-order valence-corrected chi connectivity index (χ3v) is 14.1. The van der Waals surface area contributed by atoms with Gasteiger partial charge in [0.15, 0.2) is 5.78 Å². The fourth-order valence-corrected chi connectivity index (χ4v) is 9.97. The van der Waals surface area contributed by atoms with Gasteiger partial charge in [0.05, 0.1) is 0 Å². The molecule has 0 spiro atoms. The van der Waals surface area contributed by atoms with Crippen molar-refractivity contribution in [2.24, 2.45) is 16.7 Å². The molecule has 0 aliphatic heterocycles. The van der Waals surface area contributed by atoms with Gasteiger partial charge >= 0.3 is 0 Å². The van der Waals surface area contributed by atoms with E-state index in [1.807, 2.05) is 81.7 Å². The Morgan fingerprint density at radius 2 is 1.53 bits per heavy atom. The summed E-state index contributed by atoms with van der Waals surface area (Å²) in [6.45, 7) is 23.5. The predicted molar refractivity (Wildman–Crippen MR) is 223 cm³/mol. The number of aromatic nitrogens is 1. The maximum atomic E-state index is 12.2. The van der Waals surface area contributed by atoms with Gasteiger partial charge in [0.25, 0.3) is 0 Å². The van der Waals surface area contributed by atoms with Crippen molar-refractivity contribution in [1.82, 2.24) is 4.98 Å². The van der Waals surface area contributed by atoms with E-state index in [1.165, 1.54) is 56.9 Å². The summed E-state index contributed by atoms with van der Waals surface area (Å²) in [7, 11) is 0. The minimum atomic E-state index is -0.337. The Labute approximate surface area is 330 Å². The van der Waals surface area contributed by atoms with Crippen LogP contribution in [0.1, 0.15) is 112 Å². The molecule has 6 aromatic rings. The molecule has 0 saturated heterocycles. The van der Waals surface area contributed by atoms with Crippen molar-refractivity contribution in [2.45, 2.75) is 114 Å². The molecular weight excluding hydrogens is 863 g/mol. The minimum Gasteiger partial charge on any atom is -0.512 e. The SMILES string of the molecule is CC(C)Cc1cc2cc3sc4c(-c5[c-]c6ccsc6c(C(C)(C)C)c5)nccc4c3cc2s1.CCC(C)(CC)C(=O)/C=C(\O)C(C)(CC)CC.[Ir]. The van der Waals surface area contributed by atoms with Crippen molar-refractivity contribution < 1.29 is 30.0 Å². The van der Waals surface area contributed by atoms with Gasteiger partial charge in [-0.2, -0.15) is 11.3 Å². The first-order valence-corrected chi connectivity index (χ1v) is 20.7. The number of aliphatic hydroxyl groups is 1. The zero-order valence-electron chi connectivity index (χ0n) is 32.2. The molecule has 51 heavy (non-hydrogen) atoms. The maximum Gasteiger partial charge on any atom is 0.164 e. The van der Waals surface area contributed by atoms with Gasteiger partial charge in [0.1, 0.15) is 5.76 Å². The van der Waals surface area contributed by atoms with Crippen molar-refractivity contribution in [3.8, 4) is 11.3 Å². The van der Waals surface area contributed by atoms with E-state index in [4.69, 9.17) is 4.98 Å². The molecule has 275 valence electrons. The topological polar surface area (TPSA) is 50.2 Å². The third-order valence-electron chi connectivity index (χ3n) is 10.8. The Kier molecular flexibility index (Phi) is 13.2. The van der Waals surface area contributed by atoms with Crippen LogP contribution in [-0.2, 0) is 36.7 Å². The van der Waals surface area contributed by atoms with Crippen molar-refractivity contribution in [2.75, 3.05) is 0 Å². The number of fused-ring (bicyclic) bond motifs is 5. The van der Waals surface area contributed by atoms with Crippen molar-refractivity contribution in [1.29, 1.82) is 0 Å². The summed E-state index contributed by atoms with van der Waals surface area (Å²) >= 11 is 5.62. The van der Waals surface area contributed by atoms with Gasteiger partial charge in [-0.1, -0.05) is 87.3 Å². The number of allylic oxidation sites excluding steroid dienone is 2. The molecule has 0 atom stereocenters. The Hall–Kier alpha value is -2.41. The quantitative estimate of drug-likeness (QED) is 0.0846. The number of aliphatic hydroxyl groups excluding tert-OH is 1. The number of pyridine rings is 1. The Morgan fingerprint density at radius 1 is 0.863 bits per heavy atom. The van der Waals surface area contributed by atoms with Crippen LogP contribution < -0.4 is 0 Å². The standard InChI is InChI=1S/C29H26NS3.C15H28O2.Ir/c1-16(2)10-20-12-18-14-25-22(15-24(18)32-20)21-6-8-30-26(28(21)33-25)19-11-17-7-9-31-27(17)23(13-19)29(3,4)5;1-7-14(5,8-2)12(16)11-13(17)15(6,9-3)10-4;/h6-9,12-16H,10H2,1-5H3;11,16H,7-10H2,1-6H3;/q-1;;/b;12-11-;. The summed E-state index contributed by atoms with van der Waals surface area (Å²) in [6.07, 6.45) is 7.87. The summed E-state index contributed by atoms with van der Waals surface area (Å²) < 4.78 is 5.33. The van der Waals surface area contributed by atoms with Gasteiger partial charge in [-0.15, -0.1) is 46.3 Å². The summed E-state index contributed by atoms with van der Waals surface area (Å²) in [4.78, 5) is 18.5. The van der Waals surface area contributed by atoms with Crippen LogP contribution in [0.3, 0.4) is 0 Å². The average Bonchev–Trinajstić information content (AvgIpc) is 3.81. The molecule has 0 aliphatic rings. The van der Waals surface area contributed by atoms with E-state index in [-0.39, 0.29) is 47.9 Å². The van der Waals surface area contributed by atoms with E-state index in [1.54, 1.807) is 0 Å². The van der Waals surface area contributed by atoms with Gasteiger partial charge < -0.3 is 5.11 Å². The van der Waals surface area contributed by atoms with Crippen LogP contribution in [-0.4, -0.2) is 15.9 Å². The summed E-state index contributed by atoms with van der Waals surface area (Å²) in [6, 6.07) is 17.5. The van der Waals surface area contributed by atoms with Crippen LogP contribution >= 0.6 is 34.0 Å². The second-order valence-electron chi connectivity index (χ2n) is 15.8. The van der Waals surface area contributed by atoms with Crippen LogP contribution in [0.2, 0.25) is 0 Å². The zero-order chi connectivity index (χ0) is 36.6. The van der Waals surface area contributed by atoms with E-state index in [0.717, 1.165) is 43.4 Å². The van der Waals surface area contributed by atoms with Crippen molar-refractivity contribution >= 4 is 80.1 Å². The second-order valence-corrected chi connectivity index (χ2v) is 18.9. The number of nitrogens with zero attached hydrogens (tertiary/aromatic N) is 1. The van der Waals surface area contributed by atoms with Crippen LogP contribution in [0.15, 0.2) is 59.8 Å². The van der Waals surface area contributed by atoms with Gasteiger partial charge in [-0.05, 0) is 88.6 Å². The summed E-state index contributed by atoms with van der Waals surface area (Å²) in [5, 5.41) is 17.5. The molecule has 1 N–H and O–H groups in total. The Bertz CT molecular complexity index is 2170. The van der Waals surface area contributed by atoms with Crippen LogP contribution in [0.4, 0.5) is 0 Å². The minimum absolute atomic E-state index is 0. The smallest absolute Gasteiger partial charge is 0.164 e. The maximum absolute atomic E-state index is 12.2. The number of ketones is 1. The van der Waals surface area contributed by atoms with E-state index < -0.39 is 0 Å². The molecule has 1 radical (unpaired) electrons. The third kappa shape index (κ3) is 8.54. The molecule has 0 unspecified atom stereocenters. The van der Waals surface area contributed by atoms with E-state index in [0.29, 0.717) is 5.92 Å². The van der Waals surface area contributed by atoms with E-state index >= 15 is 0 Å². The average molecular weight is 917 g/mol. The first-order valence-electron chi connectivity index (χ1n) is 18.2. The normalized spacial score (nSPS) is 12.9. The fraction of sp³-hybridized carbons (Fsp3) is 0.455. The van der Waals surface area contributed by atoms with Crippen LogP contribution in [0.5, 0.6) is 0 Å². The van der Waals surface area contributed by atoms with Gasteiger partial charge in [0, 0.05) is 73.3 Å².